The van der Waals surface area contributed by atoms with E-state index in [1.54, 1.807) is 13.8 Å². The van der Waals surface area contributed by atoms with Gasteiger partial charge in [0.25, 0.3) is 0 Å². The lowest BCUT2D eigenvalue weighted by atomic mass is 10.0. The Morgan fingerprint density at radius 2 is 1.85 bits per heavy atom. The summed E-state index contributed by atoms with van der Waals surface area (Å²) in [6.45, 7) is 6.13. The van der Waals surface area contributed by atoms with Crippen molar-refractivity contribution in [3.05, 3.63) is 0 Å². The van der Waals surface area contributed by atoms with Gasteiger partial charge in [0, 0.05) is 13.1 Å². The Kier molecular flexibility index (Phi) is 4.67. The molecule has 0 bridgehead atoms. The van der Waals surface area contributed by atoms with Gasteiger partial charge in [0.15, 0.2) is 0 Å². The van der Waals surface area contributed by atoms with Crippen LogP contribution in [0.5, 0.6) is 0 Å². The molecule has 0 amide bonds. The Bertz CT molecular complexity index is 178. The molecular formula is C8H16ClNO3. The number of hydrogen-bond acceptors (Lipinski definition) is 3. The molecule has 1 saturated heterocycles. The summed E-state index contributed by atoms with van der Waals surface area (Å²) in [7, 11) is 0. The van der Waals surface area contributed by atoms with Gasteiger partial charge < -0.3 is 9.84 Å². The van der Waals surface area contributed by atoms with Gasteiger partial charge in [0.2, 0.25) is 0 Å². The van der Waals surface area contributed by atoms with E-state index in [1.165, 1.54) is 0 Å². The lowest BCUT2D eigenvalue weighted by Gasteiger charge is -2.37. The van der Waals surface area contributed by atoms with Crippen molar-refractivity contribution in [2.75, 3.05) is 26.3 Å². The van der Waals surface area contributed by atoms with E-state index in [0.717, 1.165) is 0 Å². The number of morpholine rings is 1. The largest absolute Gasteiger partial charge is 0.480 e. The van der Waals surface area contributed by atoms with Crippen LogP contribution >= 0.6 is 12.4 Å². The zero-order valence-electron chi connectivity index (χ0n) is 7.95. The number of halogens is 1. The normalized spacial score (nSPS) is 19.2. The first-order chi connectivity index (χ1) is 5.55. The highest BCUT2D eigenvalue weighted by Crippen LogP contribution is 2.15. The molecule has 0 atom stereocenters. The van der Waals surface area contributed by atoms with Gasteiger partial charge in [-0.1, -0.05) is 0 Å². The number of aliphatic carboxylic acids is 1. The first-order valence-corrected chi connectivity index (χ1v) is 4.11. The number of nitrogens with zero attached hydrogens (tertiary/aromatic N) is 1. The standard InChI is InChI=1S/C8H15NO3.ClH/c1-8(2,7(10)11)9-3-5-12-6-4-9;/h3-6H2,1-2H3,(H,10,11);1H. The molecule has 4 nitrogen and oxygen atoms in total. The van der Waals surface area contributed by atoms with Crippen molar-refractivity contribution in [1.82, 2.24) is 4.90 Å². The van der Waals surface area contributed by atoms with E-state index < -0.39 is 11.5 Å². The summed E-state index contributed by atoms with van der Waals surface area (Å²) in [6, 6.07) is 0. The summed E-state index contributed by atoms with van der Waals surface area (Å²) in [6.07, 6.45) is 0. The van der Waals surface area contributed by atoms with Gasteiger partial charge in [-0.3, -0.25) is 9.69 Å². The molecule has 1 N–H and O–H groups in total. The van der Waals surface area contributed by atoms with E-state index in [2.05, 4.69) is 0 Å². The highest BCUT2D eigenvalue weighted by Gasteiger charge is 2.35. The molecule has 1 fully saturated rings. The predicted octanol–water partition coefficient (Wildman–Crippen LogP) is 0.604. The van der Waals surface area contributed by atoms with E-state index in [1.807, 2.05) is 4.90 Å². The molecule has 0 aromatic carbocycles. The molecule has 0 unspecified atom stereocenters. The van der Waals surface area contributed by atoms with Crippen LogP contribution in [0.4, 0.5) is 0 Å². The molecular weight excluding hydrogens is 194 g/mol. The van der Waals surface area contributed by atoms with Crippen molar-refractivity contribution in [3.63, 3.8) is 0 Å². The van der Waals surface area contributed by atoms with Crippen molar-refractivity contribution in [2.45, 2.75) is 19.4 Å². The Hall–Kier alpha value is -0.320. The third-order valence-corrected chi connectivity index (χ3v) is 2.33. The molecule has 78 valence electrons. The molecule has 1 heterocycles. The van der Waals surface area contributed by atoms with Crippen LogP contribution in [0.1, 0.15) is 13.8 Å². The lowest BCUT2D eigenvalue weighted by molar-refractivity contribution is -0.152. The minimum Gasteiger partial charge on any atom is -0.480 e. The maximum Gasteiger partial charge on any atom is 0.323 e. The van der Waals surface area contributed by atoms with Crippen molar-refractivity contribution >= 4 is 18.4 Å². The average molecular weight is 210 g/mol. The van der Waals surface area contributed by atoms with Crippen LogP contribution < -0.4 is 0 Å². The van der Waals surface area contributed by atoms with Crippen molar-refractivity contribution in [1.29, 1.82) is 0 Å². The molecule has 0 spiro atoms. The van der Waals surface area contributed by atoms with Gasteiger partial charge in [0.1, 0.15) is 5.54 Å². The Labute approximate surface area is 84.3 Å². The molecule has 1 rings (SSSR count). The molecule has 1 aliphatic rings. The first-order valence-electron chi connectivity index (χ1n) is 4.11. The number of hydrogen-bond donors (Lipinski definition) is 1. The molecule has 0 aromatic rings. The third kappa shape index (κ3) is 2.83. The molecule has 5 heteroatoms. The Balaban J connectivity index is 0.00000144. The second-order valence-electron chi connectivity index (χ2n) is 3.46. The fraction of sp³-hybridized carbons (Fsp3) is 0.875. The second kappa shape index (κ2) is 4.79. The fourth-order valence-electron chi connectivity index (χ4n) is 1.26. The number of rotatable bonds is 2. The zero-order valence-corrected chi connectivity index (χ0v) is 8.76. The highest BCUT2D eigenvalue weighted by atomic mass is 35.5. The zero-order chi connectivity index (χ0) is 9.19. The van der Waals surface area contributed by atoms with Crippen LogP contribution in [0, 0.1) is 0 Å². The lowest BCUT2D eigenvalue weighted by Crippen LogP contribution is -2.54. The molecule has 13 heavy (non-hydrogen) atoms. The molecule has 0 aromatic heterocycles. The van der Waals surface area contributed by atoms with E-state index in [-0.39, 0.29) is 12.4 Å². The van der Waals surface area contributed by atoms with Crippen LogP contribution in [-0.2, 0) is 9.53 Å². The fourth-order valence-corrected chi connectivity index (χ4v) is 1.26. The van der Waals surface area contributed by atoms with Gasteiger partial charge >= 0.3 is 5.97 Å². The van der Waals surface area contributed by atoms with E-state index in [0.29, 0.717) is 26.3 Å². The molecule has 0 saturated carbocycles. The van der Waals surface area contributed by atoms with Gasteiger partial charge in [-0.15, -0.1) is 12.4 Å². The van der Waals surface area contributed by atoms with Crippen LogP contribution in [0.25, 0.3) is 0 Å². The molecule has 0 aliphatic carbocycles. The van der Waals surface area contributed by atoms with Gasteiger partial charge in [0.05, 0.1) is 13.2 Å². The second-order valence-corrected chi connectivity index (χ2v) is 3.46. The van der Waals surface area contributed by atoms with Crippen LogP contribution in [0.15, 0.2) is 0 Å². The Morgan fingerprint density at radius 1 is 1.38 bits per heavy atom. The molecule has 1 aliphatic heterocycles. The summed E-state index contributed by atoms with van der Waals surface area (Å²) in [4.78, 5) is 12.8. The van der Waals surface area contributed by atoms with E-state index in [9.17, 15) is 4.79 Å². The summed E-state index contributed by atoms with van der Waals surface area (Å²) >= 11 is 0. The first kappa shape index (κ1) is 12.7. The number of carbonyl (C=O) groups is 1. The van der Waals surface area contributed by atoms with E-state index in [4.69, 9.17) is 9.84 Å². The molecule has 0 radical (unpaired) electrons. The smallest absolute Gasteiger partial charge is 0.323 e. The maximum atomic E-state index is 10.8. The summed E-state index contributed by atoms with van der Waals surface area (Å²) in [5, 5.41) is 8.91. The average Bonchev–Trinajstić information content (AvgIpc) is 2.06. The van der Waals surface area contributed by atoms with Crippen LogP contribution in [-0.4, -0.2) is 47.8 Å². The third-order valence-electron chi connectivity index (χ3n) is 2.33. The highest BCUT2D eigenvalue weighted by molar-refractivity contribution is 5.85. The quantitative estimate of drug-likeness (QED) is 0.724. The monoisotopic (exact) mass is 209 g/mol. The number of carboxylic acid groups (broad SMARTS) is 1. The van der Waals surface area contributed by atoms with Crippen LogP contribution in [0.3, 0.4) is 0 Å². The van der Waals surface area contributed by atoms with Crippen molar-refractivity contribution < 1.29 is 14.6 Å². The van der Waals surface area contributed by atoms with Gasteiger partial charge in [-0.25, -0.2) is 0 Å². The Morgan fingerprint density at radius 3 is 2.23 bits per heavy atom. The maximum absolute atomic E-state index is 10.8. The SMILES string of the molecule is CC(C)(C(=O)O)N1CCOCC1.Cl. The number of ether oxygens (including phenoxy) is 1. The van der Waals surface area contributed by atoms with Crippen molar-refractivity contribution in [3.8, 4) is 0 Å². The van der Waals surface area contributed by atoms with Gasteiger partial charge in [-0.2, -0.15) is 0 Å². The summed E-state index contributed by atoms with van der Waals surface area (Å²) in [5.74, 6) is -0.774. The van der Waals surface area contributed by atoms with E-state index >= 15 is 0 Å². The van der Waals surface area contributed by atoms with Gasteiger partial charge in [-0.05, 0) is 13.8 Å². The summed E-state index contributed by atoms with van der Waals surface area (Å²) < 4.78 is 5.14. The van der Waals surface area contributed by atoms with Crippen LogP contribution in [0.2, 0.25) is 0 Å². The minimum atomic E-state index is -0.774. The summed E-state index contributed by atoms with van der Waals surface area (Å²) in [5.41, 5.74) is -0.760. The minimum absolute atomic E-state index is 0. The number of carboxylic acids is 1. The predicted molar refractivity (Wildman–Crippen MR) is 51.4 cm³/mol. The topological polar surface area (TPSA) is 49.8 Å². The van der Waals surface area contributed by atoms with Crippen molar-refractivity contribution in [2.24, 2.45) is 0 Å².